The molecule has 1 aromatic carbocycles. The average Bonchev–Trinajstić information content (AvgIpc) is 3.24. The molecule has 27 heavy (non-hydrogen) atoms. The summed E-state index contributed by atoms with van der Waals surface area (Å²) in [5, 5.41) is 6.89. The summed E-state index contributed by atoms with van der Waals surface area (Å²) in [5.41, 5.74) is 3.69. The van der Waals surface area contributed by atoms with Crippen LogP contribution >= 0.6 is 0 Å². The molecule has 5 heteroatoms. The van der Waals surface area contributed by atoms with E-state index in [0.29, 0.717) is 6.54 Å². The van der Waals surface area contributed by atoms with Gasteiger partial charge in [-0.15, -0.1) is 0 Å². The van der Waals surface area contributed by atoms with Crippen LogP contribution in [-0.4, -0.2) is 37.1 Å². The van der Waals surface area contributed by atoms with Crippen LogP contribution in [0.3, 0.4) is 0 Å². The van der Waals surface area contributed by atoms with Gasteiger partial charge in [0.1, 0.15) is 0 Å². The van der Waals surface area contributed by atoms with Crippen LogP contribution in [0.1, 0.15) is 44.0 Å². The third kappa shape index (κ3) is 5.71. The van der Waals surface area contributed by atoms with Gasteiger partial charge in [0.15, 0.2) is 5.96 Å². The molecule has 2 heterocycles. The van der Waals surface area contributed by atoms with Gasteiger partial charge < -0.3 is 15.5 Å². The second-order valence-corrected chi connectivity index (χ2v) is 6.99. The summed E-state index contributed by atoms with van der Waals surface area (Å²) in [7, 11) is 0. The number of pyridine rings is 1. The molecule has 1 aliphatic rings. The molecule has 2 N–H and O–H groups in total. The highest BCUT2D eigenvalue weighted by molar-refractivity contribution is 5.80. The van der Waals surface area contributed by atoms with Crippen molar-refractivity contribution in [2.24, 2.45) is 4.99 Å². The summed E-state index contributed by atoms with van der Waals surface area (Å²) in [6.45, 7) is 8.18. The molecule has 1 aliphatic heterocycles. The van der Waals surface area contributed by atoms with Gasteiger partial charge >= 0.3 is 0 Å². The van der Waals surface area contributed by atoms with E-state index in [9.17, 15) is 0 Å². The summed E-state index contributed by atoms with van der Waals surface area (Å²) in [6.07, 6.45) is 5.27. The lowest BCUT2D eigenvalue weighted by Crippen LogP contribution is -2.39. The van der Waals surface area contributed by atoms with Crippen molar-refractivity contribution in [3.05, 3.63) is 59.9 Å². The number of nitrogens with one attached hydrogen (secondary N) is 2. The third-order valence-electron chi connectivity index (χ3n) is 4.90. The van der Waals surface area contributed by atoms with Crippen molar-refractivity contribution in [1.29, 1.82) is 0 Å². The first-order chi connectivity index (χ1) is 13.3. The largest absolute Gasteiger partial charge is 0.372 e. The predicted molar refractivity (Wildman–Crippen MR) is 113 cm³/mol. The van der Waals surface area contributed by atoms with E-state index in [4.69, 9.17) is 4.99 Å². The molecular formula is C22H31N5. The number of anilines is 1. The third-order valence-corrected chi connectivity index (χ3v) is 4.90. The van der Waals surface area contributed by atoms with Gasteiger partial charge in [-0.2, -0.15) is 0 Å². The molecule has 0 bridgehead atoms. The Labute approximate surface area is 162 Å². The standard InChI is InChI=1S/C22H31N5/c1-3-23-22(25-14-12-20-10-4-5-13-24-20)26-18(2)19-9-8-11-21(17-19)27-15-6-7-16-27/h4-5,8-11,13,17-18H,3,6-7,12,14-16H2,1-2H3,(H2,23,25,26). The number of hydrogen-bond acceptors (Lipinski definition) is 3. The van der Waals surface area contributed by atoms with E-state index in [1.54, 1.807) is 0 Å². The second kappa shape index (κ2) is 9.95. The molecule has 0 radical (unpaired) electrons. The Hall–Kier alpha value is -2.56. The highest BCUT2D eigenvalue weighted by Gasteiger charge is 2.14. The highest BCUT2D eigenvalue weighted by Crippen LogP contribution is 2.23. The van der Waals surface area contributed by atoms with Crippen molar-refractivity contribution < 1.29 is 0 Å². The minimum absolute atomic E-state index is 0.195. The summed E-state index contributed by atoms with van der Waals surface area (Å²) in [6, 6.07) is 15.1. The lowest BCUT2D eigenvalue weighted by Gasteiger charge is -2.22. The van der Waals surface area contributed by atoms with Crippen LogP contribution in [0.2, 0.25) is 0 Å². The number of nitrogens with zero attached hydrogens (tertiary/aromatic N) is 3. The lowest BCUT2D eigenvalue weighted by atomic mass is 10.1. The molecule has 0 aliphatic carbocycles. The molecule has 1 fully saturated rings. The van der Waals surface area contributed by atoms with Crippen molar-refractivity contribution in [2.75, 3.05) is 31.1 Å². The predicted octanol–water partition coefficient (Wildman–Crippen LogP) is 3.54. The maximum absolute atomic E-state index is 4.72. The van der Waals surface area contributed by atoms with Gasteiger partial charge in [-0.1, -0.05) is 18.2 Å². The van der Waals surface area contributed by atoms with E-state index in [0.717, 1.165) is 24.6 Å². The first-order valence-electron chi connectivity index (χ1n) is 10.1. The Morgan fingerprint density at radius 3 is 2.78 bits per heavy atom. The molecule has 0 spiro atoms. The van der Waals surface area contributed by atoms with E-state index in [2.05, 4.69) is 58.6 Å². The van der Waals surface area contributed by atoms with E-state index >= 15 is 0 Å². The van der Waals surface area contributed by atoms with Gasteiger partial charge in [0.25, 0.3) is 0 Å². The Bertz CT molecular complexity index is 722. The number of guanidine groups is 1. The fourth-order valence-electron chi connectivity index (χ4n) is 3.40. The molecule has 1 unspecified atom stereocenters. The fraction of sp³-hybridized carbons (Fsp3) is 0.455. The van der Waals surface area contributed by atoms with Crippen molar-refractivity contribution in [2.45, 2.75) is 39.2 Å². The van der Waals surface area contributed by atoms with Gasteiger partial charge in [-0.25, -0.2) is 0 Å². The molecular weight excluding hydrogens is 334 g/mol. The lowest BCUT2D eigenvalue weighted by molar-refractivity contribution is 0.685. The number of aliphatic imine (C=N–C) groups is 1. The number of benzene rings is 1. The smallest absolute Gasteiger partial charge is 0.191 e. The summed E-state index contributed by atoms with van der Waals surface area (Å²) < 4.78 is 0. The van der Waals surface area contributed by atoms with Crippen molar-refractivity contribution in [3.63, 3.8) is 0 Å². The first-order valence-corrected chi connectivity index (χ1v) is 10.1. The monoisotopic (exact) mass is 365 g/mol. The zero-order chi connectivity index (χ0) is 18.9. The van der Waals surface area contributed by atoms with Crippen molar-refractivity contribution in [1.82, 2.24) is 15.6 Å². The Morgan fingerprint density at radius 1 is 1.19 bits per heavy atom. The molecule has 1 saturated heterocycles. The van der Waals surface area contributed by atoms with E-state index in [-0.39, 0.29) is 6.04 Å². The van der Waals surface area contributed by atoms with Gasteiger partial charge in [-0.05, 0) is 56.5 Å². The first kappa shape index (κ1) is 19.2. The second-order valence-electron chi connectivity index (χ2n) is 6.99. The zero-order valence-corrected chi connectivity index (χ0v) is 16.5. The SMILES string of the molecule is CCNC(=NCCc1ccccn1)NC(C)c1cccc(N2CCCC2)c1. The molecule has 5 nitrogen and oxygen atoms in total. The van der Waals surface area contributed by atoms with Crippen LogP contribution in [0.15, 0.2) is 53.7 Å². The van der Waals surface area contributed by atoms with Crippen LogP contribution in [0.5, 0.6) is 0 Å². The number of rotatable bonds is 7. The minimum Gasteiger partial charge on any atom is -0.372 e. The van der Waals surface area contributed by atoms with Crippen LogP contribution in [0, 0.1) is 0 Å². The van der Waals surface area contributed by atoms with Crippen molar-refractivity contribution in [3.8, 4) is 0 Å². The quantitative estimate of drug-likeness (QED) is 0.582. The van der Waals surface area contributed by atoms with Crippen LogP contribution in [0.4, 0.5) is 5.69 Å². The molecule has 1 atom stereocenters. The number of hydrogen-bond donors (Lipinski definition) is 2. The normalized spacial score (nSPS) is 15.6. The van der Waals surface area contributed by atoms with E-state index in [1.807, 2.05) is 24.4 Å². The molecule has 144 valence electrons. The summed E-state index contributed by atoms with van der Waals surface area (Å²) in [4.78, 5) is 11.6. The Morgan fingerprint density at radius 2 is 2.04 bits per heavy atom. The highest BCUT2D eigenvalue weighted by atomic mass is 15.2. The minimum atomic E-state index is 0.195. The molecule has 0 amide bonds. The fourth-order valence-corrected chi connectivity index (χ4v) is 3.40. The molecule has 2 aromatic rings. The summed E-state index contributed by atoms with van der Waals surface area (Å²) in [5.74, 6) is 0.854. The van der Waals surface area contributed by atoms with Gasteiger partial charge in [0.05, 0.1) is 6.04 Å². The van der Waals surface area contributed by atoms with Crippen molar-refractivity contribution >= 4 is 11.6 Å². The molecule has 1 aromatic heterocycles. The Kier molecular flexibility index (Phi) is 7.08. The van der Waals surface area contributed by atoms with Gasteiger partial charge in [0, 0.05) is 50.2 Å². The molecule has 0 saturated carbocycles. The van der Waals surface area contributed by atoms with Gasteiger partial charge in [-0.3, -0.25) is 9.98 Å². The van der Waals surface area contributed by atoms with Gasteiger partial charge in [0.2, 0.25) is 0 Å². The van der Waals surface area contributed by atoms with Crippen LogP contribution in [0.25, 0.3) is 0 Å². The topological polar surface area (TPSA) is 52.6 Å². The summed E-state index contributed by atoms with van der Waals surface area (Å²) >= 11 is 0. The maximum atomic E-state index is 4.72. The van der Waals surface area contributed by atoms with E-state index < -0.39 is 0 Å². The Balaban J connectivity index is 1.61. The van der Waals surface area contributed by atoms with E-state index in [1.165, 1.54) is 37.2 Å². The maximum Gasteiger partial charge on any atom is 0.191 e. The average molecular weight is 366 g/mol. The molecule has 3 rings (SSSR count). The van der Waals surface area contributed by atoms with Crippen LogP contribution < -0.4 is 15.5 Å². The zero-order valence-electron chi connectivity index (χ0n) is 16.5. The number of aromatic nitrogens is 1. The van der Waals surface area contributed by atoms with Crippen LogP contribution in [-0.2, 0) is 6.42 Å².